The number of aryl methyl sites for hydroxylation is 1. The molecule has 0 aliphatic rings. The normalized spacial score (nSPS) is 10.5. The van der Waals surface area contributed by atoms with Gasteiger partial charge in [0.2, 0.25) is 0 Å². The van der Waals surface area contributed by atoms with Crippen LogP contribution in [-0.4, -0.2) is 11.7 Å². The summed E-state index contributed by atoms with van der Waals surface area (Å²) in [6, 6.07) is 4.26. The Morgan fingerprint density at radius 1 is 0.760 bits per heavy atom. The zero-order chi connectivity index (χ0) is 18.0. The molecule has 140 valence electrons. The molecular formula is C23H38NO+. The van der Waals surface area contributed by atoms with Crippen molar-refractivity contribution in [2.45, 2.75) is 96.9 Å². The molecule has 0 unspecified atom stereocenters. The Morgan fingerprint density at radius 2 is 1.28 bits per heavy atom. The molecule has 0 aliphatic carbocycles. The van der Waals surface area contributed by atoms with Crippen LogP contribution in [0.3, 0.4) is 0 Å². The van der Waals surface area contributed by atoms with Crippen molar-refractivity contribution in [3.05, 3.63) is 30.1 Å². The zero-order valence-electron chi connectivity index (χ0n) is 16.3. The first kappa shape index (κ1) is 21.7. The maximum atomic E-state index is 8.65. The van der Waals surface area contributed by atoms with Crippen LogP contribution >= 0.6 is 0 Å². The third kappa shape index (κ3) is 12.7. The number of aliphatic hydroxyl groups excluding tert-OH is 1. The number of hydrogen-bond acceptors (Lipinski definition) is 1. The number of nitrogens with zero attached hydrogens (tertiary/aromatic N) is 1. The van der Waals surface area contributed by atoms with Gasteiger partial charge in [-0.1, -0.05) is 83.0 Å². The van der Waals surface area contributed by atoms with Crippen LogP contribution in [0.25, 0.3) is 0 Å². The summed E-state index contributed by atoms with van der Waals surface area (Å²) in [5.41, 5.74) is 1.21. The van der Waals surface area contributed by atoms with Gasteiger partial charge in [-0.15, -0.1) is 0 Å². The second kappa shape index (κ2) is 16.2. The molecule has 0 aliphatic heterocycles. The number of aromatic nitrogens is 1. The van der Waals surface area contributed by atoms with E-state index in [0.29, 0.717) is 0 Å². The van der Waals surface area contributed by atoms with Crippen LogP contribution < -0.4 is 4.57 Å². The van der Waals surface area contributed by atoms with Crippen LogP contribution in [0.4, 0.5) is 0 Å². The monoisotopic (exact) mass is 344 g/mol. The summed E-state index contributed by atoms with van der Waals surface area (Å²) in [6.07, 6.45) is 21.8. The van der Waals surface area contributed by atoms with Crippen molar-refractivity contribution in [1.82, 2.24) is 0 Å². The Hall–Kier alpha value is -1.33. The van der Waals surface area contributed by atoms with Gasteiger partial charge >= 0.3 is 0 Å². The molecule has 2 nitrogen and oxygen atoms in total. The summed E-state index contributed by atoms with van der Waals surface area (Å²) < 4.78 is 2.26. The Balaban J connectivity index is 1.94. The second-order valence-corrected chi connectivity index (χ2v) is 7.02. The third-order valence-electron chi connectivity index (χ3n) is 4.73. The van der Waals surface area contributed by atoms with E-state index in [1.165, 1.54) is 82.6 Å². The van der Waals surface area contributed by atoms with Crippen molar-refractivity contribution < 1.29 is 9.67 Å². The maximum Gasteiger partial charge on any atom is 0.169 e. The largest absolute Gasteiger partial charge is 0.384 e. The van der Waals surface area contributed by atoms with Crippen molar-refractivity contribution in [3.63, 3.8) is 0 Å². The molecule has 0 saturated carbocycles. The summed E-state index contributed by atoms with van der Waals surface area (Å²) in [5.74, 6) is 5.64. The molecule has 1 aromatic rings. The van der Waals surface area contributed by atoms with Gasteiger partial charge in [-0.05, 0) is 12.0 Å². The number of unbranched alkanes of at least 4 members (excludes halogenated alkanes) is 11. The average Bonchev–Trinajstić information content (AvgIpc) is 2.64. The molecule has 1 heterocycles. The molecule has 0 atom stereocenters. The quantitative estimate of drug-likeness (QED) is 0.279. The van der Waals surface area contributed by atoms with Crippen molar-refractivity contribution in [2.24, 2.45) is 0 Å². The molecular weight excluding hydrogens is 306 g/mol. The molecule has 0 amide bonds. The lowest BCUT2D eigenvalue weighted by Gasteiger charge is -2.02. The van der Waals surface area contributed by atoms with Crippen molar-refractivity contribution in [2.75, 3.05) is 6.61 Å². The van der Waals surface area contributed by atoms with E-state index in [4.69, 9.17) is 5.11 Å². The highest BCUT2D eigenvalue weighted by Gasteiger charge is 2.00. The number of hydrogen-bond donors (Lipinski definition) is 1. The minimum absolute atomic E-state index is 0.0498. The summed E-state index contributed by atoms with van der Waals surface area (Å²) >= 11 is 0. The summed E-state index contributed by atoms with van der Waals surface area (Å²) in [4.78, 5) is 0. The average molecular weight is 345 g/mol. The van der Waals surface area contributed by atoms with Gasteiger partial charge in [0.05, 0.1) is 0 Å². The minimum Gasteiger partial charge on any atom is -0.384 e. The predicted molar refractivity (Wildman–Crippen MR) is 106 cm³/mol. The molecule has 1 N–H and O–H groups in total. The van der Waals surface area contributed by atoms with Gasteiger partial charge in [0, 0.05) is 25.0 Å². The highest BCUT2D eigenvalue weighted by Crippen LogP contribution is 2.11. The Labute approximate surface area is 155 Å². The fourth-order valence-corrected chi connectivity index (χ4v) is 3.11. The van der Waals surface area contributed by atoms with Gasteiger partial charge in [0.25, 0.3) is 0 Å². The molecule has 25 heavy (non-hydrogen) atoms. The fraction of sp³-hybridized carbons (Fsp3) is 0.696. The minimum atomic E-state index is -0.0498. The highest BCUT2D eigenvalue weighted by molar-refractivity contribution is 5.16. The fourth-order valence-electron chi connectivity index (χ4n) is 3.11. The van der Waals surface area contributed by atoms with Crippen LogP contribution in [0.15, 0.2) is 24.5 Å². The third-order valence-corrected chi connectivity index (χ3v) is 4.73. The zero-order valence-corrected chi connectivity index (χ0v) is 16.3. The van der Waals surface area contributed by atoms with Crippen LogP contribution in [0.1, 0.15) is 89.5 Å². The number of rotatable bonds is 14. The van der Waals surface area contributed by atoms with Gasteiger partial charge < -0.3 is 5.11 Å². The van der Waals surface area contributed by atoms with Crippen LogP contribution in [0, 0.1) is 11.8 Å². The van der Waals surface area contributed by atoms with Gasteiger partial charge in [0.1, 0.15) is 13.2 Å². The van der Waals surface area contributed by atoms with Crippen molar-refractivity contribution in [1.29, 1.82) is 0 Å². The Kier molecular flexibility index (Phi) is 14.0. The van der Waals surface area contributed by atoms with Crippen LogP contribution in [0.5, 0.6) is 0 Å². The van der Waals surface area contributed by atoms with Crippen LogP contribution in [-0.2, 0) is 13.0 Å². The van der Waals surface area contributed by atoms with E-state index in [2.05, 4.69) is 47.9 Å². The molecule has 0 radical (unpaired) electrons. The predicted octanol–water partition coefficient (Wildman–Crippen LogP) is 5.21. The molecule has 0 spiro atoms. The maximum absolute atomic E-state index is 8.65. The molecule has 1 rings (SSSR count). The van der Waals surface area contributed by atoms with E-state index >= 15 is 0 Å². The van der Waals surface area contributed by atoms with Gasteiger partial charge in [-0.25, -0.2) is 4.57 Å². The lowest BCUT2D eigenvalue weighted by atomic mass is 10.1. The molecule has 0 bridgehead atoms. The Morgan fingerprint density at radius 3 is 1.80 bits per heavy atom. The van der Waals surface area contributed by atoms with Gasteiger partial charge in [-0.3, -0.25) is 0 Å². The SMILES string of the molecule is CCCCCCCCCCCCCC[n+]1ccc(CC#CCO)cc1. The van der Waals surface area contributed by atoms with Crippen molar-refractivity contribution >= 4 is 0 Å². The van der Waals surface area contributed by atoms with E-state index in [-0.39, 0.29) is 6.61 Å². The summed E-state index contributed by atoms with van der Waals surface area (Å²) in [6.45, 7) is 3.34. The number of pyridine rings is 1. The first-order valence-corrected chi connectivity index (χ1v) is 10.4. The molecule has 0 saturated heterocycles. The Bertz CT molecular complexity index is 469. The molecule has 0 aromatic carbocycles. The first-order valence-electron chi connectivity index (χ1n) is 10.4. The van der Waals surface area contributed by atoms with Crippen LogP contribution in [0.2, 0.25) is 0 Å². The summed E-state index contributed by atoms with van der Waals surface area (Å²) in [5, 5.41) is 8.65. The van der Waals surface area contributed by atoms with Gasteiger partial charge in [0.15, 0.2) is 12.4 Å². The van der Waals surface area contributed by atoms with E-state index in [1.807, 2.05) is 0 Å². The molecule has 0 fully saturated rings. The lowest BCUT2D eigenvalue weighted by molar-refractivity contribution is -0.697. The van der Waals surface area contributed by atoms with E-state index in [9.17, 15) is 0 Å². The van der Waals surface area contributed by atoms with E-state index in [1.54, 1.807) is 0 Å². The van der Waals surface area contributed by atoms with Gasteiger partial charge in [-0.2, -0.15) is 0 Å². The van der Waals surface area contributed by atoms with E-state index in [0.717, 1.165) is 13.0 Å². The first-order chi connectivity index (χ1) is 12.4. The highest BCUT2D eigenvalue weighted by atomic mass is 16.2. The second-order valence-electron chi connectivity index (χ2n) is 7.02. The molecule has 2 heteroatoms. The lowest BCUT2D eigenvalue weighted by Crippen LogP contribution is -2.32. The van der Waals surface area contributed by atoms with E-state index < -0.39 is 0 Å². The smallest absolute Gasteiger partial charge is 0.169 e. The number of aliphatic hydroxyl groups is 1. The van der Waals surface area contributed by atoms with Crippen molar-refractivity contribution in [3.8, 4) is 11.8 Å². The topological polar surface area (TPSA) is 24.1 Å². The molecule has 1 aromatic heterocycles. The standard InChI is InChI=1S/C23H38NO/c1-2-3-4-5-6-7-8-9-10-11-12-14-19-24-20-17-23(18-21-24)16-13-15-22-25/h17-18,20-21,25H,2-12,14,16,19,22H2,1H3/q+1. The summed E-state index contributed by atoms with van der Waals surface area (Å²) in [7, 11) is 0.